The number of hydrogen-bond donors (Lipinski definition) is 2. The van der Waals surface area contributed by atoms with Gasteiger partial charge in [0, 0.05) is 39.3 Å². The van der Waals surface area contributed by atoms with Gasteiger partial charge in [0.2, 0.25) is 0 Å². The van der Waals surface area contributed by atoms with Crippen molar-refractivity contribution >= 4 is 29.9 Å². The number of guanidine groups is 1. The lowest BCUT2D eigenvalue weighted by molar-refractivity contribution is -0.0679. The Hall–Kier alpha value is -0.340. The van der Waals surface area contributed by atoms with Crippen molar-refractivity contribution < 1.29 is 4.74 Å². The predicted octanol–water partition coefficient (Wildman–Crippen LogP) is 1.99. The van der Waals surface area contributed by atoms with Crippen LogP contribution in [0.25, 0.3) is 0 Å². The molecule has 2 rings (SSSR count). The van der Waals surface area contributed by atoms with E-state index in [0.717, 1.165) is 51.4 Å². The first kappa shape index (κ1) is 19.7. The van der Waals surface area contributed by atoms with E-state index < -0.39 is 0 Å². The van der Waals surface area contributed by atoms with Gasteiger partial charge in [-0.3, -0.25) is 9.89 Å². The largest absolute Gasteiger partial charge is 0.373 e. The van der Waals surface area contributed by atoms with Crippen LogP contribution in [0.1, 0.15) is 33.1 Å². The van der Waals surface area contributed by atoms with Crippen LogP contribution in [0.2, 0.25) is 0 Å². The summed E-state index contributed by atoms with van der Waals surface area (Å²) in [6, 6.07) is 0.511. The van der Waals surface area contributed by atoms with Crippen LogP contribution in [0.15, 0.2) is 17.1 Å². The van der Waals surface area contributed by atoms with Crippen LogP contribution in [0.5, 0.6) is 0 Å². The van der Waals surface area contributed by atoms with E-state index in [1.807, 2.05) is 7.05 Å². The third-order valence-corrected chi connectivity index (χ3v) is 4.01. The Morgan fingerprint density at radius 1 is 1.23 bits per heavy atom. The molecule has 22 heavy (non-hydrogen) atoms. The normalized spacial score (nSPS) is 26.8. The second-order valence-corrected chi connectivity index (χ2v) is 6.15. The highest BCUT2D eigenvalue weighted by Crippen LogP contribution is 2.10. The highest BCUT2D eigenvalue weighted by Gasteiger charge is 2.21. The topological polar surface area (TPSA) is 48.9 Å². The summed E-state index contributed by atoms with van der Waals surface area (Å²) in [6.07, 6.45) is 8.49. The van der Waals surface area contributed by atoms with E-state index in [0.29, 0.717) is 18.2 Å². The van der Waals surface area contributed by atoms with E-state index in [1.165, 1.54) is 0 Å². The van der Waals surface area contributed by atoms with Crippen molar-refractivity contribution in [3.05, 3.63) is 12.2 Å². The van der Waals surface area contributed by atoms with Crippen molar-refractivity contribution in [2.24, 2.45) is 4.99 Å². The molecule has 0 radical (unpaired) electrons. The molecular formula is C16H31IN4O. The van der Waals surface area contributed by atoms with Crippen LogP contribution in [0.3, 0.4) is 0 Å². The maximum Gasteiger partial charge on any atom is 0.191 e. The first-order valence-electron chi connectivity index (χ1n) is 8.17. The van der Waals surface area contributed by atoms with E-state index in [-0.39, 0.29) is 24.0 Å². The quantitative estimate of drug-likeness (QED) is 0.234. The van der Waals surface area contributed by atoms with Gasteiger partial charge in [-0.05, 0) is 33.1 Å². The second-order valence-electron chi connectivity index (χ2n) is 6.15. The predicted molar refractivity (Wildman–Crippen MR) is 103 cm³/mol. The van der Waals surface area contributed by atoms with Gasteiger partial charge in [0.05, 0.1) is 12.2 Å². The molecule has 2 aliphatic rings. The highest BCUT2D eigenvalue weighted by molar-refractivity contribution is 14.0. The van der Waals surface area contributed by atoms with E-state index in [9.17, 15) is 0 Å². The van der Waals surface area contributed by atoms with Crippen molar-refractivity contribution in [2.75, 3.05) is 33.2 Å². The van der Waals surface area contributed by atoms with Crippen LogP contribution < -0.4 is 10.6 Å². The number of ether oxygens (including phenoxy) is 1. The summed E-state index contributed by atoms with van der Waals surface area (Å²) < 4.78 is 5.76. The average molecular weight is 422 g/mol. The fourth-order valence-electron chi connectivity index (χ4n) is 3.10. The second kappa shape index (κ2) is 10.4. The van der Waals surface area contributed by atoms with Crippen LogP contribution in [-0.4, -0.2) is 62.3 Å². The number of nitrogens with one attached hydrogen (secondary N) is 2. The smallest absolute Gasteiger partial charge is 0.191 e. The summed E-state index contributed by atoms with van der Waals surface area (Å²) in [5.41, 5.74) is 0. The molecule has 0 aromatic carbocycles. The third-order valence-electron chi connectivity index (χ3n) is 4.01. The number of halogens is 1. The van der Waals surface area contributed by atoms with Gasteiger partial charge in [0.25, 0.3) is 0 Å². The SMILES string of the molecule is CN=C(NCCCN1CC(C)OC(C)C1)NC1CC=CC1.I. The van der Waals surface area contributed by atoms with Crippen LogP contribution in [0, 0.1) is 0 Å². The summed E-state index contributed by atoms with van der Waals surface area (Å²) >= 11 is 0. The fourth-order valence-corrected chi connectivity index (χ4v) is 3.10. The molecule has 128 valence electrons. The molecule has 1 aliphatic carbocycles. The molecule has 0 saturated carbocycles. The zero-order valence-corrected chi connectivity index (χ0v) is 16.4. The molecule has 0 bridgehead atoms. The molecule has 2 atom stereocenters. The Balaban J connectivity index is 0.00000242. The minimum atomic E-state index is 0. The first-order chi connectivity index (χ1) is 10.2. The molecule has 6 heteroatoms. The lowest BCUT2D eigenvalue weighted by atomic mass is 10.2. The summed E-state index contributed by atoms with van der Waals surface area (Å²) in [5, 5.41) is 6.87. The van der Waals surface area contributed by atoms with Gasteiger partial charge in [-0.1, -0.05) is 12.2 Å². The molecule has 2 N–H and O–H groups in total. The van der Waals surface area contributed by atoms with Crippen LogP contribution in [0.4, 0.5) is 0 Å². The van der Waals surface area contributed by atoms with Gasteiger partial charge in [-0.25, -0.2) is 0 Å². The molecule has 2 unspecified atom stereocenters. The van der Waals surface area contributed by atoms with Gasteiger partial charge in [-0.15, -0.1) is 24.0 Å². The van der Waals surface area contributed by atoms with Gasteiger partial charge in [-0.2, -0.15) is 0 Å². The summed E-state index contributed by atoms with van der Waals surface area (Å²) in [7, 11) is 1.84. The van der Waals surface area contributed by atoms with E-state index in [4.69, 9.17) is 4.74 Å². The number of hydrogen-bond acceptors (Lipinski definition) is 3. The Morgan fingerprint density at radius 3 is 2.45 bits per heavy atom. The average Bonchev–Trinajstić information content (AvgIpc) is 2.94. The van der Waals surface area contributed by atoms with Crippen molar-refractivity contribution in [1.29, 1.82) is 0 Å². The van der Waals surface area contributed by atoms with Gasteiger partial charge in [0.15, 0.2) is 5.96 Å². The Kier molecular flexibility index (Phi) is 9.35. The molecular weight excluding hydrogens is 391 g/mol. The van der Waals surface area contributed by atoms with E-state index in [1.54, 1.807) is 0 Å². The highest BCUT2D eigenvalue weighted by atomic mass is 127. The maximum atomic E-state index is 5.76. The van der Waals surface area contributed by atoms with E-state index >= 15 is 0 Å². The lowest BCUT2D eigenvalue weighted by Gasteiger charge is -2.35. The summed E-state index contributed by atoms with van der Waals surface area (Å²) in [6.45, 7) is 8.48. The standard InChI is InChI=1S/C16H30N4O.HI/c1-13-11-20(12-14(2)21-13)10-6-9-18-16(17-3)19-15-7-4-5-8-15;/h4-5,13-15H,6-12H2,1-3H3,(H2,17,18,19);1H. The first-order valence-corrected chi connectivity index (χ1v) is 8.17. The van der Waals surface area contributed by atoms with Gasteiger partial charge in [0.1, 0.15) is 0 Å². The number of nitrogens with zero attached hydrogens (tertiary/aromatic N) is 2. The van der Waals surface area contributed by atoms with Crippen molar-refractivity contribution in [3.63, 3.8) is 0 Å². The monoisotopic (exact) mass is 422 g/mol. The molecule has 1 heterocycles. The molecule has 5 nitrogen and oxygen atoms in total. The van der Waals surface area contributed by atoms with Gasteiger partial charge >= 0.3 is 0 Å². The van der Waals surface area contributed by atoms with Crippen molar-refractivity contribution in [3.8, 4) is 0 Å². The molecule has 0 aromatic heterocycles. The maximum absolute atomic E-state index is 5.76. The Labute approximate surface area is 152 Å². The molecule has 0 spiro atoms. The van der Waals surface area contributed by atoms with Crippen molar-refractivity contribution in [2.45, 2.75) is 51.4 Å². The lowest BCUT2D eigenvalue weighted by Crippen LogP contribution is -2.47. The number of morpholine rings is 1. The Bertz CT molecular complexity index is 357. The molecule has 1 aliphatic heterocycles. The zero-order chi connectivity index (χ0) is 15.1. The summed E-state index contributed by atoms with van der Waals surface area (Å²) in [5.74, 6) is 0.924. The van der Waals surface area contributed by atoms with Crippen molar-refractivity contribution in [1.82, 2.24) is 15.5 Å². The Morgan fingerprint density at radius 2 is 1.86 bits per heavy atom. The van der Waals surface area contributed by atoms with Gasteiger partial charge < -0.3 is 15.4 Å². The molecule has 1 fully saturated rings. The molecule has 1 saturated heterocycles. The minimum Gasteiger partial charge on any atom is -0.373 e. The fraction of sp³-hybridized carbons (Fsp3) is 0.812. The van der Waals surface area contributed by atoms with Crippen LogP contribution in [-0.2, 0) is 4.74 Å². The van der Waals surface area contributed by atoms with Crippen LogP contribution >= 0.6 is 24.0 Å². The summed E-state index contributed by atoms with van der Waals surface area (Å²) in [4.78, 5) is 6.79. The number of aliphatic imine (C=N–C) groups is 1. The zero-order valence-electron chi connectivity index (χ0n) is 14.0. The minimum absolute atomic E-state index is 0. The third kappa shape index (κ3) is 6.83. The molecule has 0 aromatic rings. The van der Waals surface area contributed by atoms with E-state index in [2.05, 4.69) is 46.5 Å². The number of rotatable bonds is 5. The molecule has 0 amide bonds.